The van der Waals surface area contributed by atoms with Crippen LogP contribution in [0.25, 0.3) is 5.69 Å². The number of carbonyl (C=O) groups excluding carboxylic acids is 2. The average molecular weight is 386 g/mol. The zero-order valence-corrected chi connectivity index (χ0v) is 15.7. The number of aromatic amines is 1. The molecule has 0 radical (unpaired) electrons. The summed E-state index contributed by atoms with van der Waals surface area (Å²) in [5.41, 5.74) is 3.91. The van der Waals surface area contributed by atoms with Gasteiger partial charge < -0.3 is 0 Å². The van der Waals surface area contributed by atoms with Crippen LogP contribution in [0.3, 0.4) is 0 Å². The van der Waals surface area contributed by atoms with Crippen molar-refractivity contribution < 1.29 is 9.59 Å². The Morgan fingerprint density at radius 3 is 2.69 bits per heavy atom. The van der Waals surface area contributed by atoms with E-state index < -0.39 is 0 Å². The van der Waals surface area contributed by atoms with Crippen LogP contribution in [-0.4, -0.2) is 41.5 Å². The third kappa shape index (κ3) is 4.32. The Hall–Kier alpha value is -3.94. The Bertz CT molecular complexity index is 1160. The molecule has 0 aliphatic carbocycles. The van der Waals surface area contributed by atoms with Gasteiger partial charge in [0.1, 0.15) is 6.33 Å². The zero-order valence-electron chi connectivity index (χ0n) is 15.7. The first-order chi connectivity index (χ1) is 14.1. The molecule has 8 nitrogen and oxygen atoms in total. The van der Waals surface area contributed by atoms with Gasteiger partial charge in [0.25, 0.3) is 0 Å². The van der Waals surface area contributed by atoms with Gasteiger partial charge in [-0.3, -0.25) is 19.7 Å². The highest BCUT2D eigenvalue weighted by atomic mass is 16.1. The predicted molar refractivity (Wildman–Crippen MR) is 105 cm³/mol. The Balaban J connectivity index is 1.49. The van der Waals surface area contributed by atoms with E-state index in [0.717, 1.165) is 22.5 Å². The molecule has 0 aliphatic heterocycles. The van der Waals surface area contributed by atoms with Crippen molar-refractivity contribution in [3.8, 4) is 5.69 Å². The average Bonchev–Trinajstić information content (AvgIpc) is 3.40. The number of carbonyl (C=O) groups is 2. The van der Waals surface area contributed by atoms with E-state index in [0.29, 0.717) is 12.0 Å². The topological polar surface area (TPSA) is 106 Å². The number of hydrogen-bond acceptors (Lipinski definition) is 6. The normalized spacial score (nSPS) is 10.8. The molecule has 1 N–H and O–H groups in total. The third-order valence-electron chi connectivity index (χ3n) is 4.44. The van der Waals surface area contributed by atoms with Crippen LogP contribution < -0.4 is 0 Å². The second kappa shape index (κ2) is 7.97. The molecule has 3 heterocycles. The zero-order chi connectivity index (χ0) is 20.2. The quantitative estimate of drug-likeness (QED) is 0.489. The summed E-state index contributed by atoms with van der Waals surface area (Å²) >= 11 is 0. The number of nitrogens with one attached hydrogen (secondary N) is 1. The molecule has 0 bridgehead atoms. The maximum Gasteiger partial charge on any atom is 0.204 e. The summed E-state index contributed by atoms with van der Waals surface area (Å²) in [5.74, 6) is 0.0700. The summed E-state index contributed by atoms with van der Waals surface area (Å²) in [7, 11) is 0. The summed E-state index contributed by atoms with van der Waals surface area (Å²) in [4.78, 5) is 32.8. The van der Waals surface area contributed by atoms with Crippen molar-refractivity contribution in [1.29, 1.82) is 0 Å². The first kappa shape index (κ1) is 18.4. The minimum atomic E-state index is -0.168. The van der Waals surface area contributed by atoms with Gasteiger partial charge >= 0.3 is 0 Å². The van der Waals surface area contributed by atoms with E-state index in [1.54, 1.807) is 35.4 Å². The van der Waals surface area contributed by atoms with Gasteiger partial charge in [-0.25, -0.2) is 9.67 Å². The molecule has 4 rings (SSSR count). The second-order valence-electron chi connectivity index (χ2n) is 6.68. The SMILES string of the molecule is Cc1cc(CC(=O)c2cccc(-n3cc(CC(=O)c4ncn[nH]4)cn3)c2)ccn1. The molecule has 0 saturated carbocycles. The number of H-pyrrole nitrogens is 1. The van der Waals surface area contributed by atoms with Crippen LogP contribution in [0.5, 0.6) is 0 Å². The van der Waals surface area contributed by atoms with E-state index >= 15 is 0 Å². The fourth-order valence-corrected chi connectivity index (χ4v) is 3.03. The van der Waals surface area contributed by atoms with Crippen LogP contribution >= 0.6 is 0 Å². The van der Waals surface area contributed by atoms with E-state index in [1.807, 2.05) is 31.2 Å². The number of benzene rings is 1. The van der Waals surface area contributed by atoms with E-state index in [4.69, 9.17) is 0 Å². The molecule has 0 fully saturated rings. The number of aromatic nitrogens is 6. The molecule has 0 saturated heterocycles. The van der Waals surface area contributed by atoms with Crippen LogP contribution in [0, 0.1) is 6.92 Å². The number of Topliss-reactive ketones (excluding diaryl/α,β-unsaturated/α-hetero) is 2. The van der Waals surface area contributed by atoms with Gasteiger partial charge in [0.2, 0.25) is 5.78 Å². The summed E-state index contributed by atoms with van der Waals surface area (Å²) in [5, 5.41) is 10.6. The monoisotopic (exact) mass is 386 g/mol. The lowest BCUT2D eigenvalue weighted by Gasteiger charge is -2.06. The molecule has 8 heteroatoms. The van der Waals surface area contributed by atoms with Crippen molar-refractivity contribution in [3.05, 3.63) is 89.5 Å². The van der Waals surface area contributed by atoms with Gasteiger partial charge in [0.05, 0.1) is 11.9 Å². The number of ketones is 2. The van der Waals surface area contributed by atoms with E-state index in [1.165, 1.54) is 6.33 Å². The molecule has 0 amide bonds. The standard InChI is InChI=1S/C21H18N6O2/c1-14-7-15(5-6-22-14)8-19(28)17-3-2-4-18(10-17)27-12-16(11-25-27)9-20(29)21-23-13-24-26-21/h2-7,10-13H,8-9H2,1H3,(H,23,24,26). The van der Waals surface area contributed by atoms with Gasteiger partial charge in [-0.15, -0.1) is 0 Å². The number of hydrogen-bond donors (Lipinski definition) is 1. The summed E-state index contributed by atoms with van der Waals surface area (Å²) in [6.07, 6.45) is 6.87. The lowest BCUT2D eigenvalue weighted by molar-refractivity contribution is 0.0979. The molecule has 3 aromatic heterocycles. The van der Waals surface area contributed by atoms with Gasteiger partial charge in [-0.05, 0) is 42.3 Å². The number of rotatable bonds is 7. The number of pyridine rings is 1. The number of nitrogens with zero attached hydrogens (tertiary/aromatic N) is 5. The van der Waals surface area contributed by atoms with E-state index in [9.17, 15) is 9.59 Å². The van der Waals surface area contributed by atoms with Crippen LogP contribution in [-0.2, 0) is 12.8 Å². The smallest absolute Gasteiger partial charge is 0.204 e. The van der Waals surface area contributed by atoms with Gasteiger partial charge in [-0.1, -0.05) is 12.1 Å². The highest BCUT2D eigenvalue weighted by molar-refractivity contribution is 5.98. The van der Waals surface area contributed by atoms with Gasteiger partial charge in [-0.2, -0.15) is 10.2 Å². The molecule has 0 spiro atoms. The Kier molecular flexibility index (Phi) is 5.07. The van der Waals surface area contributed by atoms with E-state index in [2.05, 4.69) is 25.3 Å². The fraction of sp³-hybridized carbons (Fsp3) is 0.143. The lowest BCUT2D eigenvalue weighted by Crippen LogP contribution is -2.06. The highest BCUT2D eigenvalue weighted by Crippen LogP contribution is 2.15. The first-order valence-corrected chi connectivity index (χ1v) is 9.06. The largest absolute Gasteiger partial charge is 0.294 e. The summed E-state index contributed by atoms with van der Waals surface area (Å²) in [6, 6.07) is 11.0. The van der Waals surface area contributed by atoms with E-state index in [-0.39, 0.29) is 23.8 Å². The summed E-state index contributed by atoms with van der Waals surface area (Å²) in [6.45, 7) is 1.90. The van der Waals surface area contributed by atoms with Crippen molar-refractivity contribution >= 4 is 11.6 Å². The van der Waals surface area contributed by atoms with Crippen LogP contribution in [0.15, 0.2) is 61.3 Å². The Morgan fingerprint density at radius 1 is 1.03 bits per heavy atom. The third-order valence-corrected chi connectivity index (χ3v) is 4.44. The molecule has 0 aliphatic rings. The second-order valence-corrected chi connectivity index (χ2v) is 6.68. The maximum atomic E-state index is 12.7. The van der Waals surface area contributed by atoms with Gasteiger partial charge in [0, 0.05) is 36.5 Å². The summed E-state index contributed by atoms with van der Waals surface area (Å²) < 4.78 is 1.65. The molecular weight excluding hydrogens is 368 g/mol. The number of aryl methyl sites for hydroxylation is 1. The highest BCUT2D eigenvalue weighted by Gasteiger charge is 2.13. The lowest BCUT2D eigenvalue weighted by atomic mass is 10.0. The molecular formula is C21H18N6O2. The van der Waals surface area contributed by atoms with Crippen molar-refractivity contribution in [1.82, 2.24) is 29.9 Å². The van der Waals surface area contributed by atoms with Crippen LogP contribution in [0.4, 0.5) is 0 Å². The molecule has 0 atom stereocenters. The Morgan fingerprint density at radius 2 is 1.90 bits per heavy atom. The first-order valence-electron chi connectivity index (χ1n) is 9.06. The van der Waals surface area contributed by atoms with Crippen LogP contribution in [0.2, 0.25) is 0 Å². The molecule has 29 heavy (non-hydrogen) atoms. The van der Waals surface area contributed by atoms with Crippen molar-refractivity contribution in [2.24, 2.45) is 0 Å². The van der Waals surface area contributed by atoms with Gasteiger partial charge in [0.15, 0.2) is 11.6 Å². The molecule has 0 unspecified atom stereocenters. The molecule has 4 aromatic rings. The van der Waals surface area contributed by atoms with Crippen molar-refractivity contribution in [3.63, 3.8) is 0 Å². The van der Waals surface area contributed by atoms with Crippen LogP contribution in [0.1, 0.15) is 37.8 Å². The molecule has 1 aromatic carbocycles. The minimum absolute atomic E-state index is 0.0188. The Labute approximate surface area is 166 Å². The van der Waals surface area contributed by atoms with Crippen molar-refractivity contribution in [2.45, 2.75) is 19.8 Å². The molecule has 144 valence electrons. The maximum absolute atomic E-state index is 12.7. The fourth-order valence-electron chi connectivity index (χ4n) is 3.03. The van der Waals surface area contributed by atoms with Crippen molar-refractivity contribution in [2.75, 3.05) is 0 Å². The predicted octanol–water partition coefficient (Wildman–Crippen LogP) is 2.54. The minimum Gasteiger partial charge on any atom is -0.294 e.